The van der Waals surface area contributed by atoms with Gasteiger partial charge >= 0.3 is 6.09 Å². The predicted octanol–water partition coefficient (Wildman–Crippen LogP) is 3.26. The molecule has 1 amide bonds. The number of ether oxygens (including phenoxy) is 1. The van der Waals surface area contributed by atoms with Gasteiger partial charge in [-0.2, -0.15) is 0 Å². The fraction of sp³-hybridized carbons (Fsp3) is 0.273. The van der Waals surface area contributed by atoms with Crippen molar-refractivity contribution in [3.05, 3.63) is 64.8 Å². The van der Waals surface area contributed by atoms with Crippen molar-refractivity contribution in [2.24, 2.45) is 0 Å². The summed E-state index contributed by atoms with van der Waals surface area (Å²) in [4.78, 5) is 34.3. The number of terminal acetylenes is 1. The molecule has 2 N–H and O–H groups in total. The van der Waals surface area contributed by atoms with E-state index in [2.05, 4.69) is 26.6 Å². The Morgan fingerprint density at radius 2 is 1.97 bits per heavy atom. The number of aromatic nitrogens is 3. The Kier molecular flexibility index (Phi) is 6.02. The van der Waals surface area contributed by atoms with Gasteiger partial charge in [0.2, 0.25) is 0 Å². The lowest BCUT2D eigenvalue weighted by molar-refractivity contribution is 0.0501. The van der Waals surface area contributed by atoms with E-state index in [1.807, 2.05) is 18.2 Å². The van der Waals surface area contributed by atoms with E-state index in [1.54, 1.807) is 45.0 Å². The minimum absolute atomic E-state index is 0.105. The van der Waals surface area contributed by atoms with Gasteiger partial charge in [0, 0.05) is 12.6 Å². The molecule has 0 spiro atoms. The smallest absolute Gasteiger partial charge is 0.408 e. The van der Waals surface area contributed by atoms with Crippen LogP contribution in [0.15, 0.2) is 53.5 Å². The maximum Gasteiger partial charge on any atom is 0.408 e. The third-order valence-corrected chi connectivity index (χ3v) is 4.00. The van der Waals surface area contributed by atoms with Crippen molar-refractivity contribution in [1.82, 2.24) is 20.0 Å². The Labute approximate surface area is 174 Å². The summed E-state index contributed by atoms with van der Waals surface area (Å²) in [6.45, 7) is 5.28. The van der Waals surface area contributed by atoms with E-state index in [9.17, 15) is 9.59 Å². The highest BCUT2D eigenvalue weighted by molar-refractivity contribution is 5.73. The third kappa shape index (κ3) is 4.94. The Bertz CT molecular complexity index is 1140. The lowest BCUT2D eigenvalue weighted by atomic mass is 10.2. The number of nitrogens with zero attached hydrogens (tertiary/aromatic N) is 3. The van der Waals surface area contributed by atoms with Crippen LogP contribution in [0.4, 0.5) is 10.5 Å². The number of amides is 1. The van der Waals surface area contributed by atoms with Crippen LogP contribution in [0.5, 0.6) is 0 Å². The molecule has 1 atom stereocenters. The van der Waals surface area contributed by atoms with E-state index in [0.29, 0.717) is 11.2 Å². The van der Waals surface area contributed by atoms with Gasteiger partial charge in [-0.1, -0.05) is 18.2 Å². The number of para-hydroxylation sites is 1. The predicted molar refractivity (Wildman–Crippen MR) is 115 cm³/mol. The standard InChI is InChI=1S/C22H23N5O3/c1-5-10-17(25-21(29)30-22(2,3)4)19-24-16-13-9-14-23-18(16)20(28)27(19)26-15-11-7-6-8-12-15/h1,6-9,11-14,17,26H,10H2,2-4H3,(H,25,29). The van der Waals surface area contributed by atoms with Gasteiger partial charge in [-0.05, 0) is 45.0 Å². The SMILES string of the molecule is C#CCC(NC(=O)OC(C)(C)C)c1nc2cccnc2c(=O)n1Nc1ccccc1. The summed E-state index contributed by atoms with van der Waals surface area (Å²) < 4.78 is 6.60. The van der Waals surface area contributed by atoms with E-state index in [4.69, 9.17) is 11.2 Å². The molecule has 1 unspecified atom stereocenters. The second-order valence-corrected chi connectivity index (χ2v) is 7.57. The van der Waals surface area contributed by atoms with Gasteiger partial charge in [0.25, 0.3) is 5.56 Å². The lowest BCUT2D eigenvalue weighted by Crippen LogP contribution is -2.40. The highest BCUT2D eigenvalue weighted by atomic mass is 16.6. The second-order valence-electron chi connectivity index (χ2n) is 7.57. The summed E-state index contributed by atoms with van der Waals surface area (Å²) in [7, 11) is 0. The molecule has 1 aromatic carbocycles. The maximum atomic E-state index is 13.2. The number of carbonyl (C=O) groups is 1. The van der Waals surface area contributed by atoms with Gasteiger partial charge in [-0.25, -0.2) is 19.4 Å². The van der Waals surface area contributed by atoms with E-state index >= 15 is 0 Å². The highest BCUT2D eigenvalue weighted by Crippen LogP contribution is 2.18. The Hall–Kier alpha value is -3.86. The molecular formula is C22H23N5O3. The minimum Gasteiger partial charge on any atom is -0.444 e. The fourth-order valence-corrected chi connectivity index (χ4v) is 2.79. The number of pyridine rings is 1. The highest BCUT2D eigenvalue weighted by Gasteiger charge is 2.25. The van der Waals surface area contributed by atoms with Crippen LogP contribution in [0.3, 0.4) is 0 Å². The number of anilines is 1. The van der Waals surface area contributed by atoms with Crippen molar-refractivity contribution in [2.45, 2.75) is 38.8 Å². The molecule has 0 aliphatic carbocycles. The van der Waals surface area contributed by atoms with Crippen molar-refractivity contribution < 1.29 is 9.53 Å². The molecule has 2 heterocycles. The zero-order valence-corrected chi connectivity index (χ0v) is 17.0. The Balaban J connectivity index is 2.10. The average Bonchev–Trinajstić information content (AvgIpc) is 2.69. The number of fused-ring (bicyclic) bond motifs is 1. The van der Waals surface area contributed by atoms with Gasteiger partial charge in [0.15, 0.2) is 11.3 Å². The van der Waals surface area contributed by atoms with Crippen LogP contribution < -0.4 is 16.3 Å². The Morgan fingerprint density at radius 3 is 2.63 bits per heavy atom. The first-order chi connectivity index (χ1) is 14.3. The van der Waals surface area contributed by atoms with E-state index in [1.165, 1.54) is 10.9 Å². The zero-order chi connectivity index (χ0) is 21.7. The average molecular weight is 405 g/mol. The molecule has 0 aliphatic heterocycles. The Morgan fingerprint density at radius 1 is 1.23 bits per heavy atom. The van der Waals surface area contributed by atoms with E-state index in [0.717, 1.165) is 0 Å². The summed E-state index contributed by atoms with van der Waals surface area (Å²) in [5.41, 5.74) is 3.19. The molecule has 0 bridgehead atoms. The molecule has 0 saturated heterocycles. The summed E-state index contributed by atoms with van der Waals surface area (Å²) in [5.74, 6) is 2.77. The normalized spacial score (nSPS) is 12.1. The first kappa shape index (κ1) is 20.9. The van der Waals surface area contributed by atoms with Crippen molar-refractivity contribution in [3.8, 4) is 12.3 Å². The fourth-order valence-electron chi connectivity index (χ4n) is 2.79. The molecule has 0 radical (unpaired) electrons. The van der Waals surface area contributed by atoms with Crippen molar-refractivity contribution >= 4 is 22.8 Å². The number of alkyl carbamates (subject to hydrolysis) is 1. The van der Waals surface area contributed by atoms with E-state index in [-0.39, 0.29) is 17.8 Å². The summed E-state index contributed by atoms with van der Waals surface area (Å²) in [6.07, 6.45) is 6.50. The monoisotopic (exact) mass is 405 g/mol. The molecule has 154 valence electrons. The number of benzene rings is 1. The zero-order valence-electron chi connectivity index (χ0n) is 17.0. The number of rotatable bonds is 5. The number of hydrogen-bond donors (Lipinski definition) is 2. The molecule has 8 heteroatoms. The van der Waals surface area contributed by atoms with Crippen LogP contribution in [0.1, 0.15) is 39.1 Å². The van der Waals surface area contributed by atoms with Crippen molar-refractivity contribution in [1.29, 1.82) is 0 Å². The van der Waals surface area contributed by atoms with Gasteiger partial charge < -0.3 is 10.1 Å². The van der Waals surface area contributed by atoms with Gasteiger partial charge in [-0.3, -0.25) is 10.2 Å². The molecular weight excluding hydrogens is 382 g/mol. The first-order valence-corrected chi connectivity index (χ1v) is 9.41. The first-order valence-electron chi connectivity index (χ1n) is 9.41. The largest absolute Gasteiger partial charge is 0.444 e. The summed E-state index contributed by atoms with van der Waals surface area (Å²) in [6, 6.07) is 11.7. The van der Waals surface area contributed by atoms with Crippen molar-refractivity contribution in [2.75, 3.05) is 5.43 Å². The molecule has 0 saturated carbocycles. The molecule has 8 nitrogen and oxygen atoms in total. The van der Waals surface area contributed by atoms with Crippen LogP contribution in [-0.4, -0.2) is 26.3 Å². The third-order valence-electron chi connectivity index (χ3n) is 4.00. The number of carbonyl (C=O) groups excluding carboxylic acids is 1. The molecule has 0 aliphatic rings. The van der Waals surface area contributed by atoms with Crippen LogP contribution >= 0.6 is 0 Å². The van der Waals surface area contributed by atoms with Crippen LogP contribution in [0, 0.1) is 12.3 Å². The van der Waals surface area contributed by atoms with Crippen LogP contribution in [0.2, 0.25) is 0 Å². The second kappa shape index (κ2) is 8.66. The summed E-state index contributed by atoms with van der Waals surface area (Å²) in [5, 5.41) is 2.72. The van der Waals surface area contributed by atoms with Crippen LogP contribution in [-0.2, 0) is 4.74 Å². The lowest BCUT2D eigenvalue weighted by Gasteiger charge is -2.24. The van der Waals surface area contributed by atoms with Crippen LogP contribution in [0.25, 0.3) is 11.0 Å². The van der Waals surface area contributed by atoms with Crippen molar-refractivity contribution in [3.63, 3.8) is 0 Å². The quantitative estimate of drug-likeness (QED) is 0.633. The summed E-state index contributed by atoms with van der Waals surface area (Å²) >= 11 is 0. The maximum absolute atomic E-state index is 13.2. The molecule has 3 rings (SSSR count). The minimum atomic E-state index is -0.765. The van der Waals surface area contributed by atoms with Gasteiger partial charge in [0.1, 0.15) is 11.6 Å². The van der Waals surface area contributed by atoms with Gasteiger partial charge in [0.05, 0.1) is 11.2 Å². The molecule has 30 heavy (non-hydrogen) atoms. The molecule has 3 aromatic rings. The van der Waals surface area contributed by atoms with Gasteiger partial charge in [-0.15, -0.1) is 12.3 Å². The number of hydrogen-bond acceptors (Lipinski definition) is 6. The number of nitrogens with one attached hydrogen (secondary N) is 2. The topological polar surface area (TPSA) is 98.1 Å². The van der Waals surface area contributed by atoms with E-state index < -0.39 is 23.3 Å². The molecule has 0 fully saturated rings. The molecule has 2 aromatic heterocycles.